The molecule has 0 unspecified atom stereocenters. The summed E-state index contributed by atoms with van der Waals surface area (Å²) < 4.78 is 0. The third-order valence-electron chi connectivity index (χ3n) is 2.92. The lowest BCUT2D eigenvalue weighted by Gasteiger charge is -2.22. The van der Waals surface area contributed by atoms with Crippen molar-refractivity contribution in [2.24, 2.45) is 0 Å². The molecule has 1 amide bonds. The van der Waals surface area contributed by atoms with Crippen LogP contribution < -0.4 is 26.6 Å². The SMILES string of the molecule is CC(=O)NNc1cccc(NC(=S)NN(C)c2ccccc2)c1. The average molecular weight is 329 g/mol. The van der Waals surface area contributed by atoms with Crippen molar-refractivity contribution in [2.45, 2.75) is 6.92 Å². The van der Waals surface area contributed by atoms with E-state index in [9.17, 15) is 4.79 Å². The Morgan fingerprint density at radius 3 is 2.43 bits per heavy atom. The minimum absolute atomic E-state index is 0.162. The van der Waals surface area contributed by atoms with Crippen LogP contribution in [0.25, 0.3) is 0 Å². The Kier molecular flexibility index (Phi) is 5.76. The molecule has 7 heteroatoms. The van der Waals surface area contributed by atoms with Crippen LogP contribution in [0, 0.1) is 0 Å². The van der Waals surface area contributed by atoms with E-state index in [4.69, 9.17) is 12.2 Å². The lowest BCUT2D eigenvalue weighted by molar-refractivity contribution is -0.118. The molecule has 0 aliphatic carbocycles. The zero-order valence-corrected chi connectivity index (χ0v) is 13.8. The molecule has 23 heavy (non-hydrogen) atoms. The summed E-state index contributed by atoms with van der Waals surface area (Å²) in [7, 11) is 1.89. The number of carbonyl (C=O) groups excluding carboxylic acids is 1. The molecule has 0 aliphatic heterocycles. The van der Waals surface area contributed by atoms with E-state index in [0.717, 1.165) is 17.1 Å². The predicted molar refractivity (Wildman–Crippen MR) is 98.1 cm³/mol. The van der Waals surface area contributed by atoms with E-state index in [1.807, 2.05) is 66.7 Å². The van der Waals surface area contributed by atoms with Crippen LogP contribution >= 0.6 is 12.2 Å². The molecule has 0 heterocycles. The molecular formula is C16H19N5OS. The Morgan fingerprint density at radius 2 is 1.74 bits per heavy atom. The Labute approximate surface area is 140 Å². The summed E-state index contributed by atoms with van der Waals surface area (Å²) in [5.41, 5.74) is 11.0. The number of hydrazine groups is 2. The maximum atomic E-state index is 10.9. The fourth-order valence-corrected chi connectivity index (χ4v) is 2.12. The van der Waals surface area contributed by atoms with Gasteiger partial charge in [-0.25, -0.2) is 0 Å². The van der Waals surface area contributed by atoms with Gasteiger partial charge in [-0.05, 0) is 42.5 Å². The molecule has 2 rings (SSSR count). The molecule has 0 radical (unpaired) electrons. The number of carbonyl (C=O) groups is 1. The summed E-state index contributed by atoms with van der Waals surface area (Å²) in [4.78, 5) is 10.9. The maximum absolute atomic E-state index is 10.9. The average Bonchev–Trinajstić information content (AvgIpc) is 2.54. The Morgan fingerprint density at radius 1 is 1.04 bits per heavy atom. The first kappa shape index (κ1) is 16.6. The van der Waals surface area contributed by atoms with Crippen molar-refractivity contribution in [3.63, 3.8) is 0 Å². The number of hydrogen-bond acceptors (Lipinski definition) is 4. The van der Waals surface area contributed by atoms with Crippen LogP contribution in [0.15, 0.2) is 54.6 Å². The standard InChI is InChI=1S/C16H19N5OS/c1-12(22)18-19-14-8-6-7-13(11-14)17-16(23)20-21(2)15-9-4-3-5-10-15/h3-11,19H,1-2H3,(H,18,22)(H2,17,20,23). The normalized spacial score (nSPS) is 9.65. The highest BCUT2D eigenvalue weighted by atomic mass is 32.1. The summed E-state index contributed by atoms with van der Waals surface area (Å²) in [5, 5.41) is 5.39. The lowest BCUT2D eigenvalue weighted by atomic mass is 10.3. The highest BCUT2D eigenvalue weighted by Crippen LogP contribution is 2.14. The van der Waals surface area contributed by atoms with E-state index in [2.05, 4.69) is 21.6 Å². The number of nitrogens with zero attached hydrogens (tertiary/aromatic N) is 1. The third-order valence-corrected chi connectivity index (χ3v) is 3.11. The summed E-state index contributed by atoms with van der Waals surface area (Å²) >= 11 is 5.31. The van der Waals surface area contributed by atoms with Crippen molar-refractivity contribution < 1.29 is 4.79 Å². The molecule has 0 spiro atoms. The molecule has 120 valence electrons. The molecule has 0 saturated carbocycles. The van der Waals surface area contributed by atoms with Gasteiger partial charge in [0.2, 0.25) is 5.91 Å². The molecule has 2 aromatic rings. The van der Waals surface area contributed by atoms with E-state index < -0.39 is 0 Å². The Bertz CT molecular complexity index is 677. The van der Waals surface area contributed by atoms with Gasteiger partial charge in [-0.3, -0.25) is 26.1 Å². The molecule has 6 nitrogen and oxygen atoms in total. The number of rotatable bonds is 5. The minimum Gasteiger partial charge on any atom is -0.331 e. The van der Waals surface area contributed by atoms with Crippen molar-refractivity contribution in [3.8, 4) is 0 Å². The molecule has 0 aromatic heterocycles. The molecule has 0 bridgehead atoms. The van der Waals surface area contributed by atoms with Gasteiger partial charge in [0.15, 0.2) is 5.11 Å². The first-order valence-electron chi connectivity index (χ1n) is 7.03. The van der Waals surface area contributed by atoms with Crippen LogP contribution in [0.3, 0.4) is 0 Å². The Hall–Kier alpha value is -2.80. The van der Waals surface area contributed by atoms with Crippen LogP contribution in [0.5, 0.6) is 0 Å². The summed E-state index contributed by atoms with van der Waals surface area (Å²) in [5.74, 6) is -0.162. The van der Waals surface area contributed by atoms with Crippen LogP contribution in [0.2, 0.25) is 0 Å². The van der Waals surface area contributed by atoms with Gasteiger partial charge in [0, 0.05) is 19.7 Å². The number of thiocarbonyl (C=S) groups is 1. The second kappa shape index (κ2) is 8.00. The highest BCUT2D eigenvalue weighted by molar-refractivity contribution is 7.80. The van der Waals surface area contributed by atoms with Crippen LogP contribution in [-0.2, 0) is 4.79 Å². The summed E-state index contributed by atoms with van der Waals surface area (Å²) in [6.07, 6.45) is 0. The highest BCUT2D eigenvalue weighted by Gasteiger charge is 2.03. The number of hydrogen-bond donors (Lipinski definition) is 4. The predicted octanol–water partition coefficient (Wildman–Crippen LogP) is 2.49. The van der Waals surface area contributed by atoms with Gasteiger partial charge in [0.05, 0.1) is 11.4 Å². The first-order chi connectivity index (χ1) is 11.0. The molecule has 0 atom stereocenters. The van der Waals surface area contributed by atoms with E-state index >= 15 is 0 Å². The third kappa shape index (κ3) is 5.48. The van der Waals surface area contributed by atoms with E-state index in [1.54, 1.807) is 0 Å². The molecule has 0 fully saturated rings. The van der Waals surface area contributed by atoms with Crippen molar-refractivity contribution in [2.75, 3.05) is 22.8 Å². The number of amides is 1. The minimum atomic E-state index is -0.162. The fraction of sp³-hybridized carbons (Fsp3) is 0.125. The van der Waals surface area contributed by atoms with Crippen LogP contribution in [0.1, 0.15) is 6.92 Å². The van der Waals surface area contributed by atoms with Crippen LogP contribution in [0.4, 0.5) is 17.1 Å². The van der Waals surface area contributed by atoms with E-state index in [1.165, 1.54) is 6.92 Å². The van der Waals surface area contributed by atoms with E-state index in [0.29, 0.717) is 5.11 Å². The topological polar surface area (TPSA) is 68.4 Å². The van der Waals surface area contributed by atoms with Gasteiger partial charge in [-0.2, -0.15) is 0 Å². The first-order valence-corrected chi connectivity index (χ1v) is 7.44. The van der Waals surface area contributed by atoms with Gasteiger partial charge >= 0.3 is 0 Å². The molecule has 4 N–H and O–H groups in total. The number of benzene rings is 2. The van der Waals surface area contributed by atoms with Crippen molar-refractivity contribution in [3.05, 3.63) is 54.6 Å². The second-order valence-corrected chi connectivity index (χ2v) is 5.26. The maximum Gasteiger partial charge on any atom is 0.235 e. The zero-order valence-electron chi connectivity index (χ0n) is 13.0. The molecular weight excluding hydrogens is 310 g/mol. The number of anilines is 3. The van der Waals surface area contributed by atoms with E-state index in [-0.39, 0.29) is 5.91 Å². The smallest absolute Gasteiger partial charge is 0.235 e. The van der Waals surface area contributed by atoms with Gasteiger partial charge in [-0.15, -0.1) is 0 Å². The summed E-state index contributed by atoms with van der Waals surface area (Å²) in [6.45, 7) is 1.44. The molecule has 0 aliphatic rings. The number of para-hydroxylation sites is 1. The van der Waals surface area contributed by atoms with Gasteiger partial charge in [-0.1, -0.05) is 24.3 Å². The summed E-state index contributed by atoms with van der Waals surface area (Å²) in [6, 6.07) is 17.3. The monoisotopic (exact) mass is 329 g/mol. The van der Waals surface area contributed by atoms with Gasteiger partial charge in [0.25, 0.3) is 0 Å². The lowest BCUT2D eigenvalue weighted by Crippen LogP contribution is -2.41. The van der Waals surface area contributed by atoms with Gasteiger partial charge < -0.3 is 5.32 Å². The molecule has 2 aromatic carbocycles. The molecule has 0 saturated heterocycles. The Balaban J connectivity index is 1.92. The largest absolute Gasteiger partial charge is 0.331 e. The quantitative estimate of drug-likeness (QED) is 0.499. The number of nitrogens with one attached hydrogen (secondary N) is 4. The van der Waals surface area contributed by atoms with Crippen molar-refractivity contribution >= 4 is 40.3 Å². The fourth-order valence-electron chi connectivity index (χ4n) is 1.86. The van der Waals surface area contributed by atoms with Gasteiger partial charge in [0.1, 0.15) is 0 Å². The zero-order chi connectivity index (χ0) is 16.7. The van der Waals surface area contributed by atoms with Crippen LogP contribution in [-0.4, -0.2) is 18.1 Å². The van der Waals surface area contributed by atoms with Crippen molar-refractivity contribution in [1.82, 2.24) is 10.9 Å². The van der Waals surface area contributed by atoms with Crippen molar-refractivity contribution in [1.29, 1.82) is 0 Å². The second-order valence-electron chi connectivity index (χ2n) is 4.85.